The van der Waals surface area contributed by atoms with Gasteiger partial charge >= 0.3 is 0 Å². The number of aromatic nitrogens is 2. The SMILES string of the molecule is CCN(CC)CCSCc1nc(C)cc(NN)n1. The van der Waals surface area contributed by atoms with Crippen LogP contribution in [0.15, 0.2) is 6.07 Å². The minimum Gasteiger partial charge on any atom is -0.308 e. The maximum Gasteiger partial charge on any atom is 0.143 e. The van der Waals surface area contributed by atoms with Crippen LogP contribution in [0.25, 0.3) is 0 Å². The van der Waals surface area contributed by atoms with Crippen molar-refractivity contribution in [1.82, 2.24) is 14.9 Å². The molecule has 0 fully saturated rings. The summed E-state index contributed by atoms with van der Waals surface area (Å²) in [6, 6.07) is 1.84. The van der Waals surface area contributed by atoms with Gasteiger partial charge in [-0.15, -0.1) is 0 Å². The second-order valence-electron chi connectivity index (χ2n) is 4.03. The summed E-state index contributed by atoms with van der Waals surface area (Å²) in [7, 11) is 0. The molecule has 3 N–H and O–H groups in total. The molecular weight excluding hydrogens is 246 g/mol. The molecule has 0 saturated heterocycles. The summed E-state index contributed by atoms with van der Waals surface area (Å²) in [5.41, 5.74) is 3.51. The molecule has 1 aromatic rings. The molecule has 0 aliphatic heterocycles. The molecule has 6 heteroatoms. The molecule has 0 unspecified atom stereocenters. The van der Waals surface area contributed by atoms with Crippen LogP contribution < -0.4 is 11.3 Å². The van der Waals surface area contributed by atoms with Crippen molar-refractivity contribution >= 4 is 17.6 Å². The van der Waals surface area contributed by atoms with Crippen molar-refractivity contribution in [2.45, 2.75) is 26.5 Å². The molecule has 0 radical (unpaired) electrons. The molecule has 0 bridgehead atoms. The molecule has 0 atom stereocenters. The second-order valence-corrected chi connectivity index (χ2v) is 5.14. The number of hydrogen-bond acceptors (Lipinski definition) is 6. The predicted molar refractivity (Wildman–Crippen MR) is 78.5 cm³/mol. The monoisotopic (exact) mass is 269 g/mol. The van der Waals surface area contributed by atoms with E-state index >= 15 is 0 Å². The van der Waals surface area contributed by atoms with Gasteiger partial charge in [0.1, 0.15) is 11.6 Å². The minimum atomic E-state index is 0.682. The highest BCUT2D eigenvalue weighted by atomic mass is 32.2. The van der Waals surface area contributed by atoms with E-state index in [9.17, 15) is 0 Å². The Morgan fingerprint density at radius 1 is 1.33 bits per heavy atom. The molecule has 1 aromatic heterocycles. The number of rotatable bonds is 8. The number of aryl methyl sites for hydroxylation is 1. The third-order valence-electron chi connectivity index (χ3n) is 2.73. The molecule has 5 nitrogen and oxygen atoms in total. The van der Waals surface area contributed by atoms with Crippen molar-refractivity contribution in [2.75, 3.05) is 30.8 Å². The molecule has 0 saturated carbocycles. The van der Waals surface area contributed by atoms with Crippen molar-refractivity contribution in [3.63, 3.8) is 0 Å². The Hall–Kier alpha value is -0.850. The van der Waals surface area contributed by atoms with Gasteiger partial charge in [0.2, 0.25) is 0 Å². The molecule has 0 amide bonds. The summed E-state index contributed by atoms with van der Waals surface area (Å²) in [5.74, 6) is 8.82. The van der Waals surface area contributed by atoms with Crippen molar-refractivity contribution in [2.24, 2.45) is 5.84 Å². The fourth-order valence-electron chi connectivity index (χ4n) is 1.67. The van der Waals surface area contributed by atoms with E-state index in [1.807, 2.05) is 24.8 Å². The van der Waals surface area contributed by atoms with Crippen LogP contribution in [0.1, 0.15) is 25.4 Å². The van der Waals surface area contributed by atoms with Crippen molar-refractivity contribution in [3.8, 4) is 0 Å². The van der Waals surface area contributed by atoms with Gasteiger partial charge in [-0.05, 0) is 20.0 Å². The summed E-state index contributed by atoms with van der Waals surface area (Å²) in [6.45, 7) is 9.67. The summed E-state index contributed by atoms with van der Waals surface area (Å²) in [6.07, 6.45) is 0. The average Bonchev–Trinajstić information content (AvgIpc) is 2.38. The Morgan fingerprint density at radius 2 is 2.06 bits per heavy atom. The zero-order valence-electron chi connectivity index (χ0n) is 11.4. The molecule has 18 heavy (non-hydrogen) atoms. The van der Waals surface area contributed by atoms with Gasteiger partial charge in [0.25, 0.3) is 0 Å². The van der Waals surface area contributed by atoms with Crippen molar-refractivity contribution in [3.05, 3.63) is 17.6 Å². The van der Waals surface area contributed by atoms with Gasteiger partial charge in [-0.2, -0.15) is 11.8 Å². The summed E-state index contributed by atoms with van der Waals surface area (Å²) >= 11 is 1.86. The summed E-state index contributed by atoms with van der Waals surface area (Å²) in [4.78, 5) is 11.1. The number of nitrogen functional groups attached to an aromatic ring is 1. The van der Waals surface area contributed by atoms with Crippen LogP contribution >= 0.6 is 11.8 Å². The average molecular weight is 269 g/mol. The van der Waals surface area contributed by atoms with Crippen LogP contribution in [0.3, 0.4) is 0 Å². The number of anilines is 1. The number of nitrogens with one attached hydrogen (secondary N) is 1. The van der Waals surface area contributed by atoms with Crippen LogP contribution in [0.5, 0.6) is 0 Å². The second kappa shape index (κ2) is 8.29. The molecule has 0 aliphatic carbocycles. The van der Waals surface area contributed by atoms with E-state index in [2.05, 4.69) is 34.1 Å². The standard InChI is InChI=1S/C12H23N5S/c1-4-17(5-2)6-7-18-9-12-14-10(3)8-11(15-12)16-13/h8H,4-7,9,13H2,1-3H3,(H,14,15,16). The Morgan fingerprint density at radius 3 is 2.67 bits per heavy atom. The highest BCUT2D eigenvalue weighted by Crippen LogP contribution is 2.12. The van der Waals surface area contributed by atoms with Gasteiger partial charge in [-0.1, -0.05) is 13.8 Å². The van der Waals surface area contributed by atoms with Gasteiger partial charge in [0.15, 0.2) is 0 Å². The van der Waals surface area contributed by atoms with Crippen LogP contribution in [0.4, 0.5) is 5.82 Å². The maximum absolute atomic E-state index is 5.36. The molecule has 102 valence electrons. The predicted octanol–water partition coefficient (Wildman–Crippen LogP) is 1.65. The number of hydrazine groups is 1. The maximum atomic E-state index is 5.36. The first kappa shape index (κ1) is 15.2. The van der Waals surface area contributed by atoms with E-state index in [1.165, 1.54) is 0 Å². The topological polar surface area (TPSA) is 67.1 Å². The lowest BCUT2D eigenvalue weighted by molar-refractivity contribution is 0.324. The Kier molecular flexibility index (Phi) is 7.00. The van der Waals surface area contributed by atoms with Gasteiger partial charge in [0.05, 0.1) is 5.75 Å². The molecule has 0 spiro atoms. The lowest BCUT2D eigenvalue weighted by atomic mass is 10.4. The largest absolute Gasteiger partial charge is 0.308 e. The normalized spacial score (nSPS) is 10.9. The quantitative estimate of drug-likeness (QED) is 0.425. The van der Waals surface area contributed by atoms with Gasteiger partial charge in [-0.3, -0.25) is 0 Å². The summed E-state index contributed by atoms with van der Waals surface area (Å²) in [5, 5.41) is 0. The van der Waals surface area contributed by atoms with E-state index in [-0.39, 0.29) is 0 Å². The first-order valence-electron chi connectivity index (χ1n) is 6.30. The van der Waals surface area contributed by atoms with Crippen LogP contribution in [0.2, 0.25) is 0 Å². The number of hydrogen-bond donors (Lipinski definition) is 2. The van der Waals surface area contributed by atoms with Crippen molar-refractivity contribution < 1.29 is 0 Å². The van der Waals surface area contributed by atoms with E-state index < -0.39 is 0 Å². The van der Waals surface area contributed by atoms with E-state index in [4.69, 9.17) is 5.84 Å². The summed E-state index contributed by atoms with van der Waals surface area (Å²) < 4.78 is 0. The Bertz CT molecular complexity index is 354. The number of thioether (sulfide) groups is 1. The zero-order chi connectivity index (χ0) is 13.4. The van der Waals surface area contributed by atoms with E-state index in [0.717, 1.165) is 42.7 Å². The molecular formula is C12H23N5S. The lowest BCUT2D eigenvalue weighted by Crippen LogP contribution is -2.25. The van der Waals surface area contributed by atoms with Crippen LogP contribution in [-0.4, -0.2) is 40.3 Å². The fourth-order valence-corrected chi connectivity index (χ4v) is 2.51. The number of nitrogens with two attached hydrogens (primary N) is 1. The first-order valence-corrected chi connectivity index (χ1v) is 7.46. The van der Waals surface area contributed by atoms with Gasteiger partial charge in [-0.25, -0.2) is 15.8 Å². The van der Waals surface area contributed by atoms with E-state index in [0.29, 0.717) is 5.82 Å². The van der Waals surface area contributed by atoms with Gasteiger partial charge in [0, 0.05) is 24.1 Å². The lowest BCUT2D eigenvalue weighted by Gasteiger charge is -2.17. The van der Waals surface area contributed by atoms with Crippen LogP contribution in [0, 0.1) is 6.92 Å². The van der Waals surface area contributed by atoms with E-state index in [1.54, 1.807) is 0 Å². The zero-order valence-corrected chi connectivity index (χ0v) is 12.3. The first-order chi connectivity index (χ1) is 8.69. The smallest absolute Gasteiger partial charge is 0.143 e. The molecule has 0 aliphatic rings. The fraction of sp³-hybridized carbons (Fsp3) is 0.667. The third kappa shape index (κ3) is 5.20. The molecule has 1 heterocycles. The molecule has 0 aromatic carbocycles. The Labute approximate surface area is 114 Å². The minimum absolute atomic E-state index is 0.682. The third-order valence-corrected chi connectivity index (χ3v) is 3.66. The molecule has 1 rings (SSSR count). The van der Waals surface area contributed by atoms with Crippen LogP contribution in [-0.2, 0) is 5.75 Å². The van der Waals surface area contributed by atoms with Gasteiger partial charge < -0.3 is 10.3 Å². The highest BCUT2D eigenvalue weighted by Gasteiger charge is 2.03. The van der Waals surface area contributed by atoms with Crippen molar-refractivity contribution in [1.29, 1.82) is 0 Å². The highest BCUT2D eigenvalue weighted by molar-refractivity contribution is 7.98. The number of nitrogens with zero attached hydrogens (tertiary/aromatic N) is 3. The Balaban J connectivity index is 2.37.